The molecule has 2 atom stereocenters. The van der Waals surface area contributed by atoms with Crippen LogP contribution >= 0.6 is 0 Å². The zero-order valence-electron chi connectivity index (χ0n) is 39.8. The monoisotopic (exact) mass is 915 g/mol. The van der Waals surface area contributed by atoms with Crippen molar-refractivity contribution in [3.8, 4) is 0 Å². The summed E-state index contributed by atoms with van der Waals surface area (Å²) in [5.41, 5.74) is 15.8. The standard InChI is InChI=1S/C57H74N2O8/c1-3-22-44-29-33-46(34-30-44)37-39-51(60)66-42-20-11-7-5-9-14-24-48-25-17-18-28-50(48)56(59,57(54(62)63,55(64)65)53(58)49-26-15-13-16-27-49)41-19-10-6-8-12-21-43-67-52(61)40-38-47-35-31-45(23-4-2)32-36-47/h13,15-18,25-40,53H,3-12,14,19-24,41-43,58-59H2,1-2H3,(H,62,63)(H,64,65). The van der Waals surface area contributed by atoms with Gasteiger partial charge in [-0.05, 0) is 96.0 Å². The number of aryl methyl sites for hydroxylation is 3. The summed E-state index contributed by atoms with van der Waals surface area (Å²) in [7, 11) is 0. The van der Waals surface area contributed by atoms with E-state index in [1.807, 2.05) is 36.4 Å². The van der Waals surface area contributed by atoms with Gasteiger partial charge in [-0.2, -0.15) is 0 Å². The number of aliphatic carboxylic acids is 2. The van der Waals surface area contributed by atoms with Gasteiger partial charge in [0.1, 0.15) is 0 Å². The van der Waals surface area contributed by atoms with Gasteiger partial charge in [0.25, 0.3) is 0 Å². The van der Waals surface area contributed by atoms with Crippen molar-refractivity contribution in [3.05, 3.63) is 154 Å². The molecule has 0 aliphatic rings. The van der Waals surface area contributed by atoms with Gasteiger partial charge in [0, 0.05) is 12.2 Å². The highest BCUT2D eigenvalue weighted by atomic mass is 16.5. The predicted octanol–water partition coefficient (Wildman–Crippen LogP) is 11.7. The number of benzene rings is 4. The number of carbonyl (C=O) groups is 4. The van der Waals surface area contributed by atoms with E-state index in [9.17, 15) is 29.4 Å². The highest BCUT2D eigenvalue weighted by molar-refractivity contribution is 6.01. The molecule has 10 nitrogen and oxygen atoms in total. The van der Waals surface area contributed by atoms with E-state index >= 15 is 0 Å². The fraction of sp³-hybridized carbons (Fsp3) is 0.439. The van der Waals surface area contributed by atoms with Gasteiger partial charge >= 0.3 is 23.9 Å². The fourth-order valence-corrected chi connectivity index (χ4v) is 8.92. The Kier molecular flexibility index (Phi) is 23.3. The second-order valence-electron chi connectivity index (χ2n) is 17.7. The second-order valence-corrected chi connectivity index (χ2v) is 17.7. The number of ether oxygens (including phenoxy) is 2. The van der Waals surface area contributed by atoms with E-state index in [-0.39, 0.29) is 18.4 Å². The van der Waals surface area contributed by atoms with Crippen LogP contribution in [-0.2, 0) is 53.5 Å². The maximum Gasteiger partial charge on any atom is 0.330 e. The molecule has 0 amide bonds. The number of nitrogens with two attached hydrogens (primary N) is 2. The number of hydrogen-bond acceptors (Lipinski definition) is 8. The molecule has 67 heavy (non-hydrogen) atoms. The molecule has 0 aromatic heterocycles. The third kappa shape index (κ3) is 16.5. The number of unbranched alkanes of at least 4 members (excludes halogenated alkanes) is 10. The van der Waals surface area contributed by atoms with Crippen LogP contribution in [0.25, 0.3) is 12.2 Å². The first kappa shape index (κ1) is 53.8. The zero-order chi connectivity index (χ0) is 48.3. The number of carboxylic acid groups (broad SMARTS) is 2. The van der Waals surface area contributed by atoms with E-state index in [1.54, 1.807) is 54.6 Å². The molecule has 0 bridgehead atoms. The summed E-state index contributed by atoms with van der Waals surface area (Å²) in [6.07, 6.45) is 21.0. The van der Waals surface area contributed by atoms with Crippen molar-refractivity contribution in [2.45, 2.75) is 141 Å². The van der Waals surface area contributed by atoms with E-state index in [2.05, 4.69) is 38.1 Å². The fourth-order valence-electron chi connectivity index (χ4n) is 8.92. The lowest BCUT2D eigenvalue weighted by Gasteiger charge is -2.47. The molecule has 6 N–H and O–H groups in total. The van der Waals surface area contributed by atoms with E-state index in [4.69, 9.17) is 20.9 Å². The van der Waals surface area contributed by atoms with Crippen LogP contribution in [0.3, 0.4) is 0 Å². The quantitative estimate of drug-likeness (QED) is 0.0159. The predicted molar refractivity (Wildman–Crippen MR) is 268 cm³/mol. The average Bonchev–Trinajstić information content (AvgIpc) is 3.33. The topological polar surface area (TPSA) is 179 Å². The number of carbonyl (C=O) groups excluding carboxylic acids is 2. The van der Waals surface area contributed by atoms with Gasteiger partial charge in [0.05, 0.1) is 24.8 Å². The first-order valence-electron chi connectivity index (χ1n) is 24.5. The van der Waals surface area contributed by atoms with Crippen LogP contribution in [-0.4, -0.2) is 47.3 Å². The van der Waals surface area contributed by atoms with E-state index in [0.717, 1.165) is 100 Å². The van der Waals surface area contributed by atoms with Crippen molar-refractivity contribution in [1.82, 2.24) is 0 Å². The third-order valence-electron chi connectivity index (χ3n) is 12.7. The Morgan fingerprint density at radius 3 is 1.46 bits per heavy atom. The van der Waals surface area contributed by atoms with Gasteiger partial charge in [0.15, 0.2) is 0 Å². The summed E-state index contributed by atoms with van der Waals surface area (Å²) in [6, 6.07) is 30.7. The van der Waals surface area contributed by atoms with Gasteiger partial charge < -0.3 is 31.2 Å². The lowest BCUT2D eigenvalue weighted by Crippen LogP contribution is -2.65. The number of rotatable bonds is 32. The summed E-state index contributed by atoms with van der Waals surface area (Å²) in [6.45, 7) is 4.96. The van der Waals surface area contributed by atoms with Crippen molar-refractivity contribution >= 4 is 36.0 Å². The van der Waals surface area contributed by atoms with Gasteiger partial charge in [0.2, 0.25) is 5.41 Å². The minimum absolute atomic E-state index is 0.0843. The molecule has 0 aliphatic heterocycles. The maximum absolute atomic E-state index is 13.6. The summed E-state index contributed by atoms with van der Waals surface area (Å²) in [5.74, 6) is -3.90. The molecule has 0 heterocycles. The highest BCUT2D eigenvalue weighted by Gasteiger charge is 2.65. The molecule has 0 saturated heterocycles. The van der Waals surface area contributed by atoms with Crippen molar-refractivity contribution in [1.29, 1.82) is 0 Å². The normalized spacial score (nSPS) is 13.1. The minimum Gasteiger partial charge on any atom is -0.480 e. The average molecular weight is 915 g/mol. The molecule has 0 saturated carbocycles. The molecular weight excluding hydrogens is 841 g/mol. The van der Waals surface area contributed by atoms with Crippen LogP contribution in [0.15, 0.2) is 115 Å². The molecule has 0 radical (unpaired) electrons. The second kappa shape index (κ2) is 29.0. The summed E-state index contributed by atoms with van der Waals surface area (Å²) in [4.78, 5) is 51.7. The molecule has 0 fully saturated rings. The molecule has 4 aromatic rings. The lowest BCUT2D eigenvalue weighted by atomic mass is 9.58. The number of carboxylic acids is 2. The van der Waals surface area contributed by atoms with E-state index in [1.165, 1.54) is 23.3 Å². The summed E-state index contributed by atoms with van der Waals surface area (Å²) < 4.78 is 10.8. The van der Waals surface area contributed by atoms with Gasteiger partial charge in [-0.1, -0.05) is 188 Å². The third-order valence-corrected chi connectivity index (χ3v) is 12.7. The number of hydrogen-bond donors (Lipinski definition) is 4. The van der Waals surface area contributed by atoms with Crippen LogP contribution in [0.4, 0.5) is 0 Å². The van der Waals surface area contributed by atoms with E-state index < -0.39 is 28.9 Å². The smallest absolute Gasteiger partial charge is 0.330 e. The van der Waals surface area contributed by atoms with Gasteiger partial charge in [-0.25, -0.2) is 9.59 Å². The molecule has 360 valence electrons. The van der Waals surface area contributed by atoms with Crippen molar-refractivity contribution < 1.29 is 38.9 Å². The summed E-state index contributed by atoms with van der Waals surface area (Å²) >= 11 is 0. The molecule has 0 spiro atoms. The molecule has 4 rings (SSSR count). The molecule has 10 heteroatoms. The molecule has 2 unspecified atom stereocenters. The minimum atomic E-state index is -2.60. The Labute approximate surface area is 398 Å². The Hall–Kier alpha value is -5.84. The number of esters is 2. The van der Waals surface area contributed by atoms with Crippen molar-refractivity contribution in [2.24, 2.45) is 16.9 Å². The molecule has 0 aliphatic carbocycles. The van der Waals surface area contributed by atoms with E-state index in [0.29, 0.717) is 50.0 Å². The van der Waals surface area contributed by atoms with Crippen LogP contribution < -0.4 is 11.5 Å². The van der Waals surface area contributed by atoms with Gasteiger partial charge in [-0.3, -0.25) is 9.59 Å². The first-order chi connectivity index (χ1) is 32.5. The van der Waals surface area contributed by atoms with Crippen molar-refractivity contribution in [3.63, 3.8) is 0 Å². The SMILES string of the molecule is CCCc1ccc(C=CC(=O)OCCCCCCCCc2ccccc2C(N)(CCCCCCCCOC(=O)C=Cc2ccc(CCC)cc2)C(C(=O)O)(C(=O)O)C(N)c2ccccc2)cc1. The Morgan fingerprint density at radius 1 is 0.552 bits per heavy atom. The highest BCUT2D eigenvalue weighted by Crippen LogP contribution is 2.50. The molecule has 4 aromatic carbocycles. The Bertz CT molecular complexity index is 2150. The Morgan fingerprint density at radius 2 is 0.985 bits per heavy atom. The van der Waals surface area contributed by atoms with Crippen LogP contribution in [0.5, 0.6) is 0 Å². The molecular formula is C57H74N2O8. The Balaban J connectivity index is 1.31. The zero-order valence-corrected chi connectivity index (χ0v) is 39.8. The van der Waals surface area contributed by atoms with Crippen LogP contribution in [0, 0.1) is 5.41 Å². The van der Waals surface area contributed by atoms with Gasteiger partial charge in [-0.15, -0.1) is 0 Å². The van der Waals surface area contributed by atoms with Crippen molar-refractivity contribution in [2.75, 3.05) is 13.2 Å². The van der Waals surface area contributed by atoms with Crippen LogP contribution in [0.2, 0.25) is 0 Å². The largest absolute Gasteiger partial charge is 0.480 e. The first-order valence-corrected chi connectivity index (χ1v) is 24.5. The maximum atomic E-state index is 13.6. The van der Waals surface area contributed by atoms with Crippen LogP contribution in [0.1, 0.15) is 155 Å². The summed E-state index contributed by atoms with van der Waals surface area (Å²) in [5, 5.41) is 22.1. The lowest BCUT2D eigenvalue weighted by molar-refractivity contribution is -0.174.